The summed E-state index contributed by atoms with van der Waals surface area (Å²) >= 11 is 1.10. The van der Waals surface area contributed by atoms with Gasteiger partial charge in [0.2, 0.25) is 0 Å². The van der Waals surface area contributed by atoms with Gasteiger partial charge in [-0.15, -0.1) is 0 Å². The Bertz CT molecular complexity index is 766. The van der Waals surface area contributed by atoms with E-state index >= 15 is 0 Å². The van der Waals surface area contributed by atoms with Crippen LogP contribution in [-0.4, -0.2) is 23.9 Å². The monoisotopic (exact) mass is 395 g/mol. The van der Waals surface area contributed by atoms with Gasteiger partial charge in [0.15, 0.2) is 5.78 Å². The lowest BCUT2D eigenvalue weighted by molar-refractivity contribution is -0.138. The first-order chi connectivity index (χ1) is 12.0. The molecule has 1 aromatic heterocycles. The number of halogens is 6. The molecule has 1 N–H and O–H groups in total. The fourth-order valence-corrected chi connectivity index (χ4v) is 2.74. The molecule has 1 atom stereocenters. The fourth-order valence-electron chi connectivity index (χ4n) is 2.10. The average Bonchev–Trinajstić information content (AvgIpc) is 3.06. The van der Waals surface area contributed by atoms with Crippen molar-refractivity contribution >= 4 is 23.0 Å². The van der Waals surface area contributed by atoms with Crippen LogP contribution in [0.1, 0.15) is 32.7 Å². The topological polar surface area (TPSA) is 46.2 Å². The molecule has 0 saturated carbocycles. The molecule has 0 bridgehead atoms. The van der Waals surface area contributed by atoms with Gasteiger partial charge in [-0.3, -0.25) is 9.59 Å². The standard InChI is InChI=1S/C16H11F6NO2S/c17-15(18,19)7-12(13(24)10-5-6-26-8-10)23-14(25)9-1-3-11(4-2-9)16(20,21)22/h1-6,8,12H,7H2,(H,23,25). The molecule has 2 rings (SSSR count). The van der Waals surface area contributed by atoms with E-state index in [9.17, 15) is 35.9 Å². The Balaban J connectivity index is 2.19. The highest BCUT2D eigenvalue weighted by Gasteiger charge is 2.37. The first-order valence-corrected chi connectivity index (χ1v) is 8.03. The molecule has 0 fully saturated rings. The largest absolute Gasteiger partial charge is 0.416 e. The van der Waals surface area contributed by atoms with Gasteiger partial charge in [-0.05, 0) is 35.7 Å². The zero-order chi connectivity index (χ0) is 19.5. The Morgan fingerprint density at radius 1 is 0.962 bits per heavy atom. The van der Waals surface area contributed by atoms with Crippen molar-refractivity contribution in [2.75, 3.05) is 0 Å². The van der Waals surface area contributed by atoms with Crippen LogP contribution in [0.2, 0.25) is 0 Å². The molecular weight excluding hydrogens is 384 g/mol. The molecule has 10 heteroatoms. The summed E-state index contributed by atoms with van der Waals surface area (Å²) in [6, 6.07) is 2.37. The van der Waals surface area contributed by atoms with Crippen LogP contribution in [0.4, 0.5) is 26.3 Å². The van der Waals surface area contributed by atoms with E-state index in [1.807, 2.05) is 5.32 Å². The third-order valence-corrected chi connectivity index (χ3v) is 4.02. The van der Waals surface area contributed by atoms with E-state index in [0.717, 1.165) is 23.5 Å². The molecule has 2 aromatic rings. The van der Waals surface area contributed by atoms with Crippen LogP contribution >= 0.6 is 11.3 Å². The number of amides is 1. The minimum atomic E-state index is -4.72. The quantitative estimate of drug-likeness (QED) is 0.589. The number of Topliss-reactive ketones (excluding diaryl/α,β-unsaturated/α-hetero) is 1. The van der Waals surface area contributed by atoms with Crippen LogP contribution < -0.4 is 5.32 Å². The van der Waals surface area contributed by atoms with Gasteiger partial charge in [0.25, 0.3) is 5.91 Å². The maximum absolute atomic E-state index is 12.7. The Kier molecular flexibility index (Phi) is 5.74. The van der Waals surface area contributed by atoms with Gasteiger partial charge >= 0.3 is 12.4 Å². The van der Waals surface area contributed by atoms with Crippen molar-refractivity contribution in [3.8, 4) is 0 Å². The Morgan fingerprint density at radius 3 is 2.04 bits per heavy atom. The molecule has 1 aromatic carbocycles. The number of carbonyl (C=O) groups is 2. The molecule has 3 nitrogen and oxygen atoms in total. The predicted molar refractivity (Wildman–Crippen MR) is 82.0 cm³/mol. The van der Waals surface area contributed by atoms with E-state index in [1.54, 1.807) is 0 Å². The zero-order valence-corrected chi connectivity index (χ0v) is 13.6. The van der Waals surface area contributed by atoms with Crippen LogP contribution in [0.5, 0.6) is 0 Å². The number of hydrogen-bond acceptors (Lipinski definition) is 3. The van der Waals surface area contributed by atoms with E-state index < -0.39 is 42.1 Å². The number of nitrogens with one attached hydrogen (secondary N) is 1. The smallest absolute Gasteiger partial charge is 0.341 e. The van der Waals surface area contributed by atoms with Gasteiger partial charge in [-0.2, -0.15) is 37.7 Å². The fraction of sp³-hybridized carbons (Fsp3) is 0.250. The van der Waals surface area contributed by atoms with E-state index in [0.29, 0.717) is 12.1 Å². The van der Waals surface area contributed by atoms with Gasteiger partial charge in [0.05, 0.1) is 12.0 Å². The van der Waals surface area contributed by atoms with Crippen LogP contribution in [0.15, 0.2) is 41.1 Å². The highest BCUT2D eigenvalue weighted by atomic mass is 32.1. The van der Waals surface area contributed by atoms with Gasteiger partial charge < -0.3 is 5.32 Å². The summed E-state index contributed by atoms with van der Waals surface area (Å²) in [7, 11) is 0. The van der Waals surface area contributed by atoms with Gasteiger partial charge in [-0.1, -0.05) is 0 Å². The van der Waals surface area contributed by atoms with Gasteiger partial charge in [0.1, 0.15) is 6.04 Å². The summed E-state index contributed by atoms with van der Waals surface area (Å²) in [5.74, 6) is -2.00. The summed E-state index contributed by atoms with van der Waals surface area (Å²) in [5.41, 5.74) is -1.28. The lowest BCUT2D eigenvalue weighted by atomic mass is 10.0. The molecule has 0 saturated heterocycles. The predicted octanol–water partition coefficient (Wildman–Crippen LogP) is 4.70. The second-order valence-electron chi connectivity index (χ2n) is 5.30. The van der Waals surface area contributed by atoms with Crippen molar-refractivity contribution in [1.82, 2.24) is 5.32 Å². The molecule has 1 heterocycles. The Labute approximate surface area is 147 Å². The lowest BCUT2D eigenvalue weighted by Gasteiger charge is -2.19. The Morgan fingerprint density at radius 2 is 1.58 bits per heavy atom. The summed E-state index contributed by atoms with van der Waals surface area (Å²) in [6.45, 7) is 0. The molecular formula is C16H11F6NO2S. The normalized spacial score (nSPS) is 13.3. The molecule has 0 aliphatic carbocycles. The van der Waals surface area contributed by atoms with Gasteiger partial charge in [-0.25, -0.2) is 0 Å². The maximum atomic E-state index is 12.7. The van der Waals surface area contributed by atoms with Crippen molar-refractivity contribution in [2.45, 2.75) is 24.8 Å². The third kappa shape index (κ3) is 5.32. The number of benzene rings is 1. The molecule has 0 aliphatic rings. The Hall–Kier alpha value is -2.36. The molecule has 0 aliphatic heterocycles. The van der Waals surface area contributed by atoms with Crippen LogP contribution in [0, 0.1) is 0 Å². The van der Waals surface area contributed by atoms with E-state index in [2.05, 4.69) is 0 Å². The van der Waals surface area contributed by atoms with E-state index in [1.165, 1.54) is 16.8 Å². The minimum Gasteiger partial charge on any atom is -0.341 e. The van der Waals surface area contributed by atoms with Crippen molar-refractivity contribution in [1.29, 1.82) is 0 Å². The third-order valence-electron chi connectivity index (χ3n) is 3.34. The second kappa shape index (κ2) is 7.48. The number of hydrogen-bond donors (Lipinski definition) is 1. The number of ketones is 1. The molecule has 26 heavy (non-hydrogen) atoms. The van der Waals surface area contributed by atoms with Gasteiger partial charge in [0, 0.05) is 16.5 Å². The second-order valence-corrected chi connectivity index (χ2v) is 6.08. The molecule has 0 radical (unpaired) electrons. The van der Waals surface area contributed by atoms with Crippen LogP contribution in [-0.2, 0) is 6.18 Å². The van der Waals surface area contributed by atoms with Crippen LogP contribution in [0.25, 0.3) is 0 Å². The van der Waals surface area contributed by atoms with Crippen molar-refractivity contribution < 1.29 is 35.9 Å². The molecule has 140 valence electrons. The summed E-state index contributed by atoms with van der Waals surface area (Å²) < 4.78 is 75.7. The number of thiophene rings is 1. The highest BCUT2D eigenvalue weighted by Crippen LogP contribution is 2.29. The van der Waals surface area contributed by atoms with Crippen molar-refractivity contribution in [3.63, 3.8) is 0 Å². The first-order valence-electron chi connectivity index (χ1n) is 7.08. The highest BCUT2D eigenvalue weighted by molar-refractivity contribution is 7.08. The summed E-state index contributed by atoms with van der Waals surface area (Å²) in [4.78, 5) is 24.2. The lowest BCUT2D eigenvalue weighted by Crippen LogP contribution is -2.43. The zero-order valence-electron chi connectivity index (χ0n) is 12.8. The van der Waals surface area contributed by atoms with E-state index in [-0.39, 0.29) is 11.1 Å². The average molecular weight is 395 g/mol. The minimum absolute atomic E-state index is 0.0111. The summed E-state index contributed by atoms with van der Waals surface area (Å²) in [6.07, 6.45) is -10.9. The number of rotatable bonds is 5. The summed E-state index contributed by atoms with van der Waals surface area (Å²) in [5, 5.41) is 4.79. The first kappa shape index (κ1) is 20.0. The van der Waals surface area contributed by atoms with Crippen molar-refractivity contribution in [3.05, 3.63) is 57.8 Å². The van der Waals surface area contributed by atoms with E-state index in [4.69, 9.17) is 0 Å². The molecule has 1 unspecified atom stereocenters. The van der Waals surface area contributed by atoms with Crippen molar-refractivity contribution in [2.24, 2.45) is 0 Å². The molecule has 1 amide bonds. The molecule has 0 spiro atoms. The van der Waals surface area contributed by atoms with Crippen LogP contribution in [0.3, 0.4) is 0 Å². The SMILES string of the molecule is O=C(NC(CC(F)(F)F)C(=O)c1ccsc1)c1ccc(C(F)(F)F)cc1. The number of alkyl halides is 6. The maximum Gasteiger partial charge on any atom is 0.416 e. The number of carbonyl (C=O) groups excluding carboxylic acids is 2.